The van der Waals surface area contributed by atoms with Crippen LogP contribution in [0, 0.1) is 0 Å². The first-order chi connectivity index (χ1) is 11.6. The van der Waals surface area contributed by atoms with Gasteiger partial charge in [-0.15, -0.1) is 0 Å². The van der Waals surface area contributed by atoms with Crippen LogP contribution in [-0.2, 0) is 9.84 Å². The molecule has 0 bridgehead atoms. The Kier molecular flexibility index (Phi) is 3.48. The zero-order valence-corrected chi connectivity index (χ0v) is 13.9. The van der Waals surface area contributed by atoms with Gasteiger partial charge in [0.05, 0.1) is 15.5 Å². The Bertz CT molecular complexity index is 1030. The molecule has 120 valence electrons. The Labute approximate surface area is 144 Å². The molecule has 0 saturated heterocycles. The molecule has 0 unspecified atom stereocenters. The molecule has 0 radical (unpaired) electrons. The maximum absolute atomic E-state index is 13.0. The van der Waals surface area contributed by atoms with E-state index < -0.39 is 9.84 Å². The molecule has 0 atom stereocenters. The molecule has 1 heterocycles. The van der Waals surface area contributed by atoms with Crippen molar-refractivity contribution in [2.75, 3.05) is 5.32 Å². The average Bonchev–Trinajstić information content (AvgIpc) is 2.59. The molecule has 0 aliphatic carbocycles. The first-order valence-electron chi connectivity index (χ1n) is 7.23. The first kappa shape index (κ1) is 15.1. The summed E-state index contributed by atoms with van der Waals surface area (Å²) >= 11 is 5.85. The van der Waals surface area contributed by atoms with Gasteiger partial charge in [-0.1, -0.05) is 29.8 Å². The molecule has 1 N–H and O–H groups in total. The van der Waals surface area contributed by atoms with E-state index in [4.69, 9.17) is 16.3 Å². The number of hydrogen-bond donors (Lipinski definition) is 1. The highest BCUT2D eigenvalue weighted by Crippen LogP contribution is 2.45. The maximum Gasteiger partial charge on any atom is 0.208 e. The van der Waals surface area contributed by atoms with Crippen molar-refractivity contribution in [3.63, 3.8) is 0 Å². The summed E-state index contributed by atoms with van der Waals surface area (Å²) in [5.74, 6) is 1.13. The smallest absolute Gasteiger partial charge is 0.208 e. The zero-order valence-electron chi connectivity index (χ0n) is 12.4. The van der Waals surface area contributed by atoms with Gasteiger partial charge >= 0.3 is 0 Å². The lowest BCUT2D eigenvalue weighted by molar-refractivity contribution is 0.479. The molecular formula is C18H12ClNO3S. The summed E-state index contributed by atoms with van der Waals surface area (Å²) in [6.45, 7) is 0. The molecule has 0 saturated carbocycles. The van der Waals surface area contributed by atoms with Crippen molar-refractivity contribution in [2.45, 2.75) is 9.79 Å². The highest BCUT2D eigenvalue weighted by atomic mass is 35.5. The summed E-state index contributed by atoms with van der Waals surface area (Å²) in [7, 11) is -3.70. The summed E-state index contributed by atoms with van der Waals surface area (Å²) in [6, 6.07) is 18.4. The van der Waals surface area contributed by atoms with Crippen molar-refractivity contribution < 1.29 is 13.2 Å². The van der Waals surface area contributed by atoms with E-state index in [0.717, 1.165) is 5.69 Å². The SMILES string of the molecule is O=S(=O)(c1ccc(Cl)cc1)c1cccc2c1Nc1ccccc1O2. The minimum absolute atomic E-state index is 0.164. The normalized spacial score (nSPS) is 12.5. The second-order valence-corrected chi connectivity index (χ2v) is 7.66. The number of hydrogen-bond acceptors (Lipinski definition) is 4. The molecule has 4 rings (SSSR count). The van der Waals surface area contributed by atoms with Crippen LogP contribution in [0.2, 0.25) is 5.02 Å². The fraction of sp³-hybridized carbons (Fsp3) is 0. The number of benzene rings is 3. The van der Waals surface area contributed by atoms with Crippen LogP contribution in [0.15, 0.2) is 76.5 Å². The van der Waals surface area contributed by atoms with Crippen molar-refractivity contribution in [1.82, 2.24) is 0 Å². The number of nitrogens with one attached hydrogen (secondary N) is 1. The van der Waals surface area contributed by atoms with Crippen molar-refractivity contribution in [2.24, 2.45) is 0 Å². The van der Waals surface area contributed by atoms with Crippen molar-refractivity contribution in [3.8, 4) is 11.5 Å². The van der Waals surface area contributed by atoms with Gasteiger partial charge in [-0.25, -0.2) is 8.42 Å². The third-order valence-corrected chi connectivity index (χ3v) is 5.83. The predicted octanol–water partition coefficient (Wildman–Crippen LogP) is 5.02. The van der Waals surface area contributed by atoms with Crippen molar-refractivity contribution in [3.05, 3.63) is 71.8 Å². The Morgan fingerprint density at radius 3 is 2.33 bits per heavy atom. The molecule has 4 nitrogen and oxygen atoms in total. The quantitative estimate of drug-likeness (QED) is 0.547. The van der Waals surface area contributed by atoms with Gasteiger partial charge in [0, 0.05) is 5.02 Å². The molecule has 6 heteroatoms. The van der Waals surface area contributed by atoms with Gasteiger partial charge in [0.2, 0.25) is 9.84 Å². The number of anilines is 2. The van der Waals surface area contributed by atoms with Crippen LogP contribution in [0.25, 0.3) is 0 Å². The third kappa shape index (κ3) is 2.42. The summed E-state index contributed by atoms with van der Waals surface area (Å²) < 4.78 is 31.8. The highest BCUT2D eigenvalue weighted by Gasteiger charge is 2.27. The van der Waals surface area contributed by atoms with E-state index in [1.807, 2.05) is 24.3 Å². The van der Waals surface area contributed by atoms with Gasteiger partial charge in [-0.05, 0) is 48.5 Å². The minimum atomic E-state index is -3.70. The van der Waals surface area contributed by atoms with Gasteiger partial charge in [0.15, 0.2) is 11.5 Å². The van der Waals surface area contributed by atoms with Crippen LogP contribution in [-0.4, -0.2) is 8.42 Å². The van der Waals surface area contributed by atoms with E-state index in [1.165, 1.54) is 12.1 Å². The lowest BCUT2D eigenvalue weighted by Crippen LogP contribution is -2.10. The van der Waals surface area contributed by atoms with E-state index in [2.05, 4.69) is 5.32 Å². The van der Waals surface area contributed by atoms with Gasteiger partial charge in [-0.3, -0.25) is 0 Å². The number of halogens is 1. The summed E-state index contributed by atoms with van der Waals surface area (Å²) in [5.41, 5.74) is 1.16. The van der Waals surface area contributed by atoms with Crippen LogP contribution in [0.5, 0.6) is 11.5 Å². The first-order valence-corrected chi connectivity index (χ1v) is 9.09. The van der Waals surface area contributed by atoms with Gasteiger partial charge < -0.3 is 10.1 Å². The molecule has 3 aromatic rings. The Morgan fingerprint density at radius 2 is 1.54 bits per heavy atom. The van der Waals surface area contributed by atoms with Crippen molar-refractivity contribution >= 4 is 32.8 Å². The van der Waals surface area contributed by atoms with E-state index in [0.29, 0.717) is 22.2 Å². The number of fused-ring (bicyclic) bond motifs is 2. The Morgan fingerprint density at radius 1 is 0.833 bits per heavy atom. The Balaban J connectivity index is 1.85. The zero-order chi connectivity index (χ0) is 16.7. The molecule has 1 aliphatic rings. The van der Waals surface area contributed by atoms with Crippen LogP contribution in [0.1, 0.15) is 0 Å². The summed E-state index contributed by atoms with van der Waals surface area (Å²) in [4.78, 5) is 0.345. The highest BCUT2D eigenvalue weighted by molar-refractivity contribution is 7.91. The topological polar surface area (TPSA) is 55.4 Å². The largest absolute Gasteiger partial charge is 0.453 e. The fourth-order valence-corrected chi connectivity index (χ4v) is 4.15. The second kappa shape index (κ2) is 5.54. The summed E-state index contributed by atoms with van der Waals surface area (Å²) in [6.07, 6.45) is 0. The molecule has 0 spiro atoms. The van der Waals surface area contributed by atoms with Gasteiger partial charge in [0.25, 0.3) is 0 Å². The lowest BCUT2D eigenvalue weighted by Gasteiger charge is -2.23. The van der Waals surface area contributed by atoms with Crippen LogP contribution >= 0.6 is 11.6 Å². The average molecular weight is 358 g/mol. The summed E-state index contributed by atoms with van der Waals surface area (Å²) in [5, 5.41) is 3.65. The van der Waals surface area contributed by atoms with E-state index in [1.54, 1.807) is 30.3 Å². The molecule has 0 fully saturated rings. The number of rotatable bonds is 2. The van der Waals surface area contributed by atoms with E-state index in [9.17, 15) is 8.42 Å². The minimum Gasteiger partial charge on any atom is -0.453 e. The van der Waals surface area contributed by atoms with E-state index >= 15 is 0 Å². The van der Waals surface area contributed by atoms with Crippen LogP contribution < -0.4 is 10.1 Å². The monoisotopic (exact) mass is 357 g/mol. The molecule has 0 aromatic heterocycles. The molecule has 24 heavy (non-hydrogen) atoms. The Hall–Kier alpha value is -2.50. The number of sulfone groups is 1. The molecule has 0 amide bonds. The number of para-hydroxylation sites is 3. The standard InChI is InChI=1S/C18H12ClNO3S/c19-12-8-10-13(11-9-12)24(21,22)17-7-3-6-16-18(17)20-14-4-1-2-5-15(14)23-16/h1-11,20H. The van der Waals surface area contributed by atoms with Crippen LogP contribution in [0.3, 0.4) is 0 Å². The number of ether oxygens (including phenoxy) is 1. The second-order valence-electron chi connectivity index (χ2n) is 5.31. The van der Waals surface area contributed by atoms with Gasteiger partial charge in [0.1, 0.15) is 5.69 Å². The third-order valence-electron chi connectivity index (χ3n) is 3.77. The van der Waals surface area contributed by atoms with Crippen LogP contribution in [0.4, 0.5) is 11.4 Å². The molecular weight excluding hydrogens is 346 g/mol. The van der Waals surface area contributed by atoms with E-state index in [-0.39, 0.29) is 9.79 Å². The molecule has 1 aliphatic heterocycles. The van der Waals surface area contributed by atoms with Gasteiger partial charge in [-0.2, -0.15) is 0 Å². The van der Waals surface area contributed by atoms with Crippen molar-refractivity contribution in [1.29, 1.82) is 0 Å². The maximum atomic E-state index is 13.0. The molecule has 3 aromatic carbocycles. The predicted molar refractivity (Wildman–Crippen MR) is 93.1 cm³/mol. The fourth-order valence-electron chi connectivity index (χ4n) is 2.60. The lowest BCUT2D eigenvalue weighted by atomic mass is 10.2.